The molecule has 0 bridgehead atoms. The van der Waals surface area contributed by atoms with Crippen LogP contribution in [0.4, 0.5) is 0 Å². The fourth-order valence-corrected chi connectivity index (χ4v) is 1.10. The van der Waals surface area contributed by atoms with Crippen molar-refractivity contribution in [1.82, 2.24) is 5.32 Å². The molecule has 74 valence electrons. The van der Waals surface area contributed by atoms with Crippen molar-refractivity contribution in [2.24, 2.45) is 0 Å². The van der Waals surface area contributed by atoms with Crippen LogP contribution in [0.5, 0.6) is 0 Å². The van der Waals surface area contributed by atoms with Crippen molar-refractivity contribution < 1.29 is 4.74 Å². The molecule has 0 saturated carbocycles. The van der Waals surface area contributed by atoms with Crippen LogP contribution in [0, 0.1) is 12.3 Å². The van der Waals surface area contributed by atoms with Crippen LogP contribution in [0.1, 0.15) is 5.56 Å². The Morgan fingerprint density at radius 2 is 2.07 bits per heavy atom. The minimum Gasteiger partial charge on any atom is -0.367 e. The summed E-state index contributed by atoms with van der Waals surface area (Å²) in [5, 5.41) is 3.27. The Kier molecular flexibility index (Phi) is 5.49. The predicted molar refractivity (Wildman–Crippen MR) is 57.8 cm³/mol. The molecule has 0 fully saturated rings. The van der Waals surface area contributed by atoms with Crippen molar-refractivity contribution in [1.29, 1.82) is 0 Å². The normalized spacial score (nSPS) is 9.64. The Morgan fingerprint density at radius 1 is 1.29 bits per heavy atom. The molecular weight excluding hydrogens is 174 g/mol. The minimum absolute atomic E-state index is 0.396. The van der Waals surface area contributed by atoms with Gasteiger partial charge in [0.15, 0.2) is 0 Å². The van der Waals surface area contributed by atoms with Crippen LogP contribution in [0.3, 0.4) is 0 Å². The molecule has 0 unspecified atom stereocenters. The fourth-order valence-electron chi connectivity index (χ4n) is 1.10. The van der Waals surface area contributed by atoms with Crippen molar-refractivity contribution in [3.8, 4) is 12.3 Å². The molecule has 1 aromatic rings. The highest BCUT2D eigenvalue weighted by atomic mass is 16.5. The summed E-state index contributed by atoms with van der Waals surface area (Å²) in [4.78, 5) is 0. The lowest BCUT2D eigenvalue weighted by Crippen LogP contribution is -2.19. The summed E-state index contributed by atoms with van der Waals surface area (Å²) in [6.07, 6.45) is 5.04. The molecule has 1 aromatic carbocycles. The zero-order valence-electron chi connectivity index (χ0n) is 8.20. The van der Waals surface area contributed by atoms with Gasteiger partial charge in [-0.15, -0.1) is 6.42 Å². The SMILES string of the molecule is C#CCOCCNCc1ccccc1. The van der Waals surface area contributed by atoms with Crippen molar-refractivity contribution in [3.63, 3.8) is 0 Å². The van der Waals surface area contributed by atoms with Crippen molar-refractivity contribution in [2.45, 2.75) is 6.54 Å². The number of benzene rings is 1. The third-order valence-electron chi connectivity index (χ3n) is 1.78. The van der Waals surface area contributed by atoms with Gasteiger partial charge in [-0.25, -0.2) is 0 Å². The number of hydrogen-bond donors (Lipinski definition) is 1. The van der Waals surface area contributed by atoms with Crippen LogP contribution < -0.4 is 5.32 Å². The zero-order valence-corrected chi connectivity index (χ0v) is 8.20. The molecule has 0 aliphatic carbocycles. The fraction of sp³-hybridized carbons (Fsp3) is 0.333. The summed E-state index contributed by atoms with van der Waals surface area (Å²) in [5.41, 5.74) is 1.28. The Morgan fingerprint density at radius 3 is 2.79 bits per heavy atom. The number of ether oxygens (including phenoxy) is 1. The molecule has 0 atom stereocenters. The van der Waals surface area contributed by atoms with Gasteiger partial charge in [0, 0.05) is 13.1 Å². The smallest absolute Gasteiger partial charge is 0.107 e. The Labute approximate surface area is 85.3 Å². The third-order valence-corrected chi connectivity index (χ3v) is 1.78. The Balaban J connectivity index is 2.03. The second-order valence-corrected chi connectivity index (χ2v) is 2.92. The van der Waals surface area contributed by atoms with E-state index in [2.05, 4.69) is 23.4 Å². The van der Waals surface area contributed by atoms with Crippen molar-refractivity contribution in [2.75, 3.05) is 19.8 Å². The van der Waals surface area contributed by atoms with Crippen molar-refractivity contribution >= 4 is 0 Å². The molecule has 0 radical (unpaired) electrons. The van der Waals surface area contributed by atoms with E-state index in [0.717, 1.165) is 13.1 Å². The number of terminal acetylenes is 1. The monoisotopic (exact) mass is 189 g/mol. The average Bonchev–Trinajstić information content (AvgIpc) is 2.25. The van der Waals surface area contributed by atoms with E-state index in [1.165, 1.54) is 5.56 Å². The number of rotatable bonds is 6. The Bertz CT molecular complexity index is 276. The van der Waals surface area contributed by atoms with E-state index in [0.29, 0.717) is 13.2 Å². The van der Waals surface area contributed by atoms with Crippen molar-refractivity contribution in [3.05, 3.63) is 35.9 Å². The topological polar surface area (TPSA) is 21.3 Å². The maximum Gasteiger partial charge on any atom is 0.107 e. The van der Waals surface area contributed by atoms with Gasteiger partial charge in [0.25, 0.3) is 0 Å². The van der Waals surface area contributed by atoms with Gasteiger partial charge in [0.1, 0.15) is 6.61 Å². The highest BCUT2D eigenvalue weighted by Gasteiger charge is 1.90. The lowest BCUT2D eigenvalue weighted by molar-refractivity contribution is 0.168. The van der Waals surface area contributed by atoms with Gasteiger partial charge in [0.2, 0.25) is 0 Å². The maximum absolute atomic E-state index is 5.12. The molecule has 0 spiro atoms. The van der Waals surface area contributed by atoms with Crippen LogP contribution >= 0.6 is 0 Å². The lowest BCUT2D eigenvalue weighted by Gasteiger charge is -2.04. The van der Waals surface area contributed by atoms with E-state index in [1.54, 1.807) is 0 Å². The van der Waals surface area contributed by atoms with E-state index in [1.807, 2.05) is 18.2 Å². The molecule has 0 saturated heterocycles. The maximum atomic E-state index is 5.12. The molecule has 2 nitrogen and oxygen atoms in total. The molecule has 0 aromatic heterocycles. The second-order valence-electron chi connectivity index (χ2n) is 2.92. The van der Waals surface area contributed by atoms with Gasteiger partial charge < -0.3 is 10.1 Å². The Hall–Kier alpha value is -1.30. The van der Waals surface area contributed by atoms with Crippen LogP contribution in [0.15, 0.2) is 30.3 Å². The quantitative estimate of drug-likeness (QED) is 0.540. The highest BCUT2D eigenvalue weighted by Crippen LogP contribution is 1.96. The third kappa shape index (κ3) is 4.66. The van der Waals surface area contributed by atoms with E-state index in [4.69, 9.17) is 11.2 Å². The number of hydrogen-bond acceptors (Lipinski definition) is 2. The molecule has 1 N–H and O–H groups in total. The molecular formula is C12H15NO. The standard InChI is InChI=1S/C12H15NO/c1-2-9-14-10-8-13-11-12-6-4-3-5-7-12/h1,3-7,13H,8-11H2. The molecule has 2 heteroatoms. The van der Waals surface area contributed by atoms with Gasteiger partial charge in [-0.3, -0.25) is 0 Å². The molecule has 0 heterocycles. The first-order chi connectivity index (χ1) is 6.93. The van der Waals surface area contributed by atoms with Crippen LogP contribution in [-0.4, -0.2) is 19.8 Å². The summed E-state index contributed by atoms with van der Waals surface area (Å²) in [6.45, 7) is 2.76. The molecule has 14 heavy (non-hydrogen) atoms. The molecule has 0 aliphatic rings. The largest absolute Gasteiger partial charge is 0.367 e. The average molecular weight is 189 g/mol. The van der Waals surface area contributed by atoms with Crippen LogP contribution in [-0.2, 0) is 11.3 Å². The van der Waals surface area contributed by atoms with Crippen LogP contribution in [0.2, 0.25) is 0 Å². The highest BCUT2D eigenvalue weighted by molar-refractivity contribution is 5.14. The van der Waals surface area contributed by atoms with Gasteiger partial charge in [-0.2, -0.15) is 0 Å². The van der Waals surface area contributed by atoms with E-state index < -0.39 is 0 Å². The minimum atomic E-state index is 0.396. The van der Waals surface area contributed by atoms with E-state index in [-0.39, 0.29) is 0 Å². The number of nitrogens with one attached hydrogen (secondary N) is 1. The first kappa shape index (κ1) is 10.8. The predicted octanol–water partition coefficient (Wildman–Crippen LogP) is 1.43. The zero-order chi connectivity index (χ0) is 10.1. The van der Waals surface area contributed by atoms with Gasteiger partial charge >= 0.3 is 0 Å². The van der Waals surface area contributed by atoms with E-state index in [9.17, 15) is 0 Å². The van der Waals surface area contributed by atoms with E-state index >= 15 is 0 Å². The molecule has 1 rings (SSSR count). The summed E-state index contributed by atoms with van der Waals surface area (Å²) < 4.78 is 5.12. The van der Waals surface area contributed by atoms with Gasteiger partial charge in [-0.1, -0.05) is 36.3 Å². The molecule has 0 aliphatic heterocycles. The second kappa shape index (κ2) is 7.14. The first-order valence-corrected chi connectivity index (χ1v) is 4.69. The van der Waals surface area contributed by atoms with Gasteiger partial charge in [-0.05, 0) is 5.56 Å². The lowest BCUT2D eigenvalue weighted by atomic mass is 10.2. The first-order valence-electron chi connectivity index (χ1n) is 4.69. The summed E-state index contributed by atoms with van der Waals surface area (Å²) in [6, 6.07) is 10.3. The summed E-state index contributed by atoms with van der Waals surface area (Å²) >= 11 is 0. The summed E-state index contributed by atoms with van der Waals surface area (Å²) in [7, 11) is 0. The molecule has 0 amide bonds. The summed E-state index contributed by atoms with van der Waals surface area (Å²) in [5.74, 6) is 2.43. The van der Waals surface area contributed by atoms with Gasteiger partial charge in [0.05, 0.1) is 6.61 Å². The van der Waals surface area contributed by atoms with Crippen LogP contribution in [0.25, 0.3) is 0 Å².